The average molecular weight is 904 g/mol. The Labute approximate surface area is 384 Å². The Hall–Kier alpha value is -6.13. The van der Waals surface area contributed by atoms with Crippen LogP contribution in [0, 0.1) is 12.8 Å². The molecule has 65 heavy (non-hydrogen) atoms. The first-order valence-electron chi connectivity index (χ1n) is 21.8. The van der Waals surface area contributed by atoms with Gasteiger partial charge in [0.25, 0.3) is 11.8 Å². The van der Waals surface area contributed by atoms with Crippen molar-refractivity contribution in [3.05, 3.63) is 135 Å². The summed E-state index contributed by atoms with van der Waals surface area (Å²) in [7, 11) is 6.40. The lowest BCUT2D eigenvalue weighted by molar-refractivity contribution is -0.120. The largest absolute Gasteiger partial charge is 0.497 e. The number of hydrogen-bond donors (Lipinski definition) is 2. The van der Waals surface area contributed by atoms with Crippen molar-refractivity contribution >= 4 is 46.3 Å². The van der Waals surface area contributed by atoms with Crippen LogP contribution in [0.3, 0.4) is 0 Å². The maximum atomic E-state index is 13.8. The molecule has 4 unspecified atom stereocenters. The second-order valence-electron chi connectivity index (χ2n) is 16.1. The summed E-state index contributed by atoms with van der Waals surface area (Å²) in [5, 5.41) is 8.89. The molecule has 15 heteroatoms. The molecule has 14 nitrogen and oxygen atoms in total. The van der Waals surface area contributed by atoms with Crippen molar-refractivity contribution in [2.45, 2.75) is 50.1 Å². The van der Waals surface area contributed by atoms with Crippen LogP contribution in [0.15, 0.2) is 102 Å². The normalized spacial score (nSPS) is 19.3. The second kappa shape index (κ2) is 22.2. The lowest BCUT2D eigenvalue weighted by atomic mass is 9.77. The number of nitrogens with one attached hydrogen (secondary N) is 2. The van der Waals surface area contributed by atoms with Crippen molar-refractivity contribution in [1.29, 1.82) is 0 Å². The van der Waals surface area contributed by atoms with E-state index in [1.54, 1.807) is 51.5 Å². The van der Waals surface area contributed by atoms with Crippen molar-refractivity contribution in [2.24, 2.45) is 5.92 Å². The van der Waals surface area contributed by atoms with Gasteiger partial charge in [-0.2, -0.15) is 0 Å². The third-order valence-corrected chi connectivity index (χ3v) is 13.0. The van der Waals surface area contributed by atoms with Gasteiger partial charge in [0.1, 0.15) is 11.5 Å². The molecule has 0 bridgehead atoms. The van der Waals surface area contributed by atoms with Gasteiger partial charge in [0.2, 0.25) is 11.8 Å². The molecule has 1 saturated heterocycles. The highest BCUT2D eigenvalue weighted by atomic mass is 32.1. The van der Waals surface area contributed by atoms with Gasteiger partial charge >= 0.3 is 0 Å². The van der Waals surface area contributed by atoms with E-state index in [0.29, 0.717) is 77.5 Å². The number of aromatic nitrogens is 1. The number of anilines is 2. The topological polar surface area (TPSA) is 158 Å². The Kier molecular flexibility index (Phi) is 16.0. The van der Waals surface area contributed by atoms with E-state index in [4.69, 9.17) is 23.7 Å². The third kappa shape index (κ3) is 10.9. The van der Waals surface area contributed by atoms with Gasteiger partial charge < -0.3 is 44.1 Å². The van der Waals surface area contributed by atoms with E-state index in [2.05, 4.69) is 15.6 Å². The van der Waals surface area contributed by atoms with Crippen molar-refractivity contribution in [2.75, 3.05) is 78.6 Å². The van der Waals surface area contributed by atoms with Gasteiger partial charge in [-0.15, -0.1) is 11.3 Å². The number of amides is 4. The van der Waals surface area contributed by atoms with Crippen molar-refractivity contribution in [1.82, 2.24) is 14.8 Å². The maximum Gasteiger partial charge on any atom is 0.254 e. The Morgan fingerprint density at radius 3 is 1.77 bits per heavy atom. The van der Waals surface area contributed by atoms with Gasteiger partial charge in [-0.25, -0.2) is 4.98 Å². The van der Waals surface area contributed by atoms with Gasteiger partial charge in [-0.05, 0) is 79.6 Å². The highest BCUT2D eigenvalue weighted by molar-refractivity contribution is 7.09. The molecule has 4 heterocycles. The Morgan fingerprint density at radius 1 is 0.708 bits per heavy atom. The highest BCUT2D eigenvalue weighted by Gasteiger charge is 2.46. The van der Waals surface area contributed by atoms with Crippen LogP contribution in [0.2, 0.25) is 0 Å². The van der Waals surface area contributed by atoms with Crippen LogP contribution in [0.5, 0.6) is 11.5 Å². The quantitative estimate of drug-likeness (QED) is 0.107. The number of carbonyl (C=O) groups excluding carboxylic acids is 4. The molecule has 4 aromatic carbocycles. The zero-order valence-electron chi connectivity index (χ0n) is 37.5. The standard InChI is InChI=1S/C26H32N2O5.C24H25N3O4S/c1-31-15-12-28-23(16-18-10-13-33-14-11-18)24(21-8-3-4-9-22(21)26(28)30)25(29)27-19-6-5-7-20(17-19)32-2;1-15-25-20(14-32-15)22-21(23(28)26-16-7-6-8-17(13-16)31-3)18-9-4-5-10-19(18)24(29)27(22)11-12-30-2/h3-9,17-18,23-24H,10-16H2,1-2H3,(H,27,29);4-10,13-14,21-22H,11-12H2,1-3H3,(H,26,28). The van der Waals surface area contributed by atoms with Gasteiger partial charge in [-0.1, -0.05) is 48.5 Å². The van der Waals surface area contributed by atoms with E-state index in [9.17, 15) is 19.2 Å². The zero-order chi connectivity index (χ0) is 45.9. The van der Waals surface area contributed by atoms with Crippen molar-refractivity contribution in [3.8, 4) is 11.5 Å². The molecule has 4 atom stereocenters. The van der Waals surface area contributed by atoms with E-state index in [-0.39, 0.29) is 29.7 Å². The monoisotopic (exact) mass is 903 g/mol. The lowest BCUT2D eigenvalue weighted by Gasteiger charge is -2.43. The first-order chi connectivity index (χ1) is 31.6. The predicted molar refractivity (Wildman–Crippen MR) is 249 cm³/mol. The molecule has 0 aliphatic carbocycles. The molecule has 3 aliphatic rings. The van der Waals surface area contributed by atoms with E-state index < -0.39 is 17.9 Å². The average Bonchev–Trinajstić information content (AvgIpc) is 3.77. The van der Waals surface area contributed by atoms with Gasteiger partial charge in [-0.3, -0.25) is 19.2 Å². The third-order valence-electron chi connectivity index (χ3n) is 12.2. The zero-order valence-corrected chi connectivity index (χ0v) is 38.3. The molecule has 8 rings (SSSR count). The number of methoxy groups -OCH3 is 4. The first-order valence-corrected chi connectivity index (χ1v) is 22.7. The molecule has 1 fully saturated rings. The summed E-state index contributed by atoms with van der Waals surface area (Å²) in [5.74, 6) is 0.114. The number of hydrogen-bond acceptors (Lipinski definition) is 11. The fourth-order valence-electron chi connectivity index (χ4n) is 9.01. The van der Waals surface area contributed by atoms with Gasteiger partial charge in [0, 0.05) is 86.6 Å². The number of rotatable bonds is 15. The summed E-state index contributed by atoms with van der Waals surface area (Å²) in [5.41, 5.74) is 4.59. The number of nitrogens with zero attached hydrogens (tertiary/aromatic N) is 3. The fraction of sp³-hybridized carbons (Fsp3) is 0.380. The van der Waals surface area contributed by atoms with E-state index in [0.717, 1.165) is 43.0 Å². The van der Waals surface area contributed by atoms with Crippen molar-refractivity contribution in [3.63, 3.8) is 0 Å². The van der Waals surface area contributed by atoms with Crippen LogP contribution in [0.1, 0.15) is 79.7 Å². The van der Waals surface area contributed by atoms with Gasteiger partial charge in [0.15, 0.2) is 0 Å². The van der Waals surface area contributed by atoms with E-state index in [1.165, 1.54) is 11.3 Å². The highest BCUT2D eigenvalue weighted by Crippen LogP contribution is 2.44. The Bertz CT molecular complexity index is 2440. The number of ether oxygens (including phenoxy) is 5. The molecular formula is C50H57N5O9S. The molecular weight excluding hydrogens is 847 g/mol. The van der Waals surface area contributed by atoms with Crippen LogP contribution in [-0.4, -0.2) is 112 Å². The fourth-order valence-corrected chi connectivity index (χ4v) is 9.65. The predicted octanol–water partition coefficient (Wildman–Crippen LogP) is 7.73. The Balaban J connectivity index is 0.000000194. The summed E-state index contributed by atoms with van der Waals surface area (Å²) in [6, 6.07) is 28.5. The van der Waals surface area contributed by atoms with Crippen LogP contribution in [-0.2, 0) is 23.8 Å². The minimum atomic E-state index is -0.631. The first kappa shape index (κ1) is 46.9. The molecule has 0 saturated carbocycles. The molecule has 1 aromatic heterocycles. The number of aryl methyl sites for hydroxylation is 1. The minimum absolute atomic E-state index is 0.0369. The van der Waals surface area contributed by atoms with Crippen LogP contribution >= 0.6 is 11.3 Å². The molecule has 0 spiro atoms. The number of benzene rings is 4. The number of thiazole rings is 1. The molecule has 5 aromatic rings. The smallest absolute Gasteiger partial charge is 0.254 e. The van der Waals surface area contributed by atoms with Crippen LogP contribution < -0.4 is 20.1 Å². The van der Waals surface area contributed by atoms with E-state index in [1.807, 2.05) is 96.1 Å². The number of carbonyl (C=O) groups is 4. The lowest BCUT2D eigenvalue weighted by Crippen LogP contribution is -2.53. The summed E-state index contributed by atoms with van der Waals surface area (Å²) < 4.78 is 26.7. The summed E-state index contributed by atoms with van der Waals surface area (Å²) in [6.45, 7) is 4.94. The molecule has 4 amide bonds. The summed E-state index contributed by atoms with van der Waals surface area (Å²) in [6.07, 6.45) is 2.63. The summed E-state index contributed by atoms with van der Waals surface area (Å²) >= 11 is 1.50. The van der Waals surface area contributed by atoms with E-state index >= 15 is 0 Å². The van der Waals surface area contributed by atoms with Crippen LogP contribution in [0.4, 0.5) is 11.4 Å². The van der Waals surface area contributed by atoms with Crippen molar-refractivity contribution < 1.29 is 42.9 Å². The molecule has 0 radical (unpaired) electrons. The molecule has 342 valence electrons. The maximum absolute atomic E-state index is 13.8. The van der Waals surface area contributed by atoms with Gasteiger partial charge in [0.05, 0.1) is 56.0 Å². The van der Waals surface area contributed by atoms with Crippen LogP contribution in [0.25, 0.3) is 0 Å². The molecule has 3 aliphatic heterocycles. The number of fused-ring (bicyclic) bond motifs is 2. The molecule has 2 N–H and O–H groups in total. The Morgan fingerprint density at radius 2 is 1.23 bits per heavy atom. The second-order valence-corrected chi connectivity index (χ2v) is 17.2. The summed E-state index contributed by atoms with van der Waals surface area (Å²) in [4.78, 5) is 62.6. The minimum Gasteiger partial charge on any atom is -0.497 e. The SMILES string of the molecule is COCCN1C(=O)c2ccccc2C(C(=O)Nc2cccc(OC)c2)C1CC1CCOCC1.COCCN1C(=O)c2ccccc2C(C(=O)Nc2cccc(OC)c2)C1c1csc(C)n1.